The number of hydrogen-bond donors (Lipinski definition) is 2. The molecule has 5 fully saturated rings. The zero-order chi connectivity index (χ0) is 21.7. The molecular formula is C25H31N5O2. The lowest BCUT2D eigenvalue weighted by Crippen LogP contribution is -2.40. The summed E-state index contributed by atoms with van der Waals surface area (Å²) in [5.41, 5.74) is 2.58. The van der Waals surface area contributed by atoms with Crippen LogP contribution >= 0.6 is 0 Å². The van der Waals surface area contributed by atoms with Crippen molar-refractivity contribution >= 4 is 17.5 Å². The van der Waals surface area contributed by atoms with Crippen LogP contribution in [0, 0.1) is 28.6 Å². The molecule has 0 radical (unpaired) electrons. The van der Waals surface area contributed by atoms with Crippen molar-refractivity contribution in [3.63, 3.8) is 0 Å². The average Bonchev–Trinajstić information content (AvgIpc) is 3.50. The number of amides is 2. The van der Waals surface area contributed by atoms with E-state index in [1.807, 2.05) is 30.1 Å². The van der Waals surface area contributed by atoms with Gasteiger partial charge >= 0.3 is 0 Å². The van der Waals surface area contributed by atoms with E-state index < -0.39 is 0 Å². The molecule has 2 N–H and O–H groups in total. The third kappa shape index (κ3) is 2.66. The summed E-state index contributed by atoms with van der Waals surface area (Å²) in [7, 11) is 1.93. The summed E-state index contributed by atoms with van der Waals surface area (Å²) < 4.78 is 1.78. The number of likely N-dealkylation sites (tertiary alicyclic amines) is 1. The fourth-order valence-electron chi connectivity index (χ4n) is 7.87. The van der Waals surface area contributed by atoms with Gasteiger partial charge in [-0.15, -0.1) is 0 Å². The molecule has 2 aromatic heterocycles. The fraction of sp³-hybridized carbons (Fsp3) is 0.640. The van der Waals surface area contributed by atoms with Gasteiger partial charge < -0.3 is 15.5 Å². The molecule has 32 heavy (non-hydrogen) atoms. The Bertz CT molecular complexity index is 1140. The molecule has 6 atom stereocenters. The van der Waals surface area contributed by atoms with E-state index in [1.54, 1.807) is 10.6 Å². The van der Waals surface area contributed by atoms with E-state index in [0.29, 0.717) is 40.5 Å². The first-order chi connectivity index (χ1) is 15.5. The SMILES string of the molecule is CNC1CCN(C(=O)c2cn3c(C(=O)NCC45CC6CC6C6(CC6C4)C5)cccc3n2)C1. The largest absolute Gasteiger partial charge is 0.350 e. The fourth-order valence-corrected chi connectivity index (χ4v) is 7.87. The number of nitrogens with one attached hydrogen (secondary N) is 2. The Morgan fingerprint density at radius 3 is 3.00 bits per heavy atom. The van der Waals surface area contributed by atoms with E-state index in [4.69, 9.17) is 0 Å². The first-order valence-electron chi connectivity index (χ1n) is 12.2. The van der Waals surface area contributed by atoms with Gasteiger partial charge in [-0.3, -0.25) is 14.0 Å². The van der Waals surface area contributed by atoms with Crippen LogP contribution in [-0.4, -0.2) is 58.8 Å². The second-order valence-corrected chi connectivity index (χ2v) is 11.3. The highest BCUT2D eigenvalue weighted by atomic mass is 16.2. The number of aromatic nitrogens is 2. The van der Waals surface area contributed by atoms with Crippen molar-refractivity contribution in [2.24, 2.45) is 28.6 Å². The minimum Gasteiger partial charge on any atom is -0.350 e. The highest BCUT2D eigenvalue weighted by Crippen LogP contribution is 2.83. The molecule has 6 unspecified atom stereocenters. The van der Waals surface area contributed by atoms with Crippen molar-refractivity contribution < 1.29 is 9.59 Å². The predicted octanol–water partition coefficient (Wildman–Crippen LogP) is 2.32. The van der Waals surface area contributed by atoms with E-state index in [1.165, 1.54) is 32.1 Å². The summed E-state index contributed by atoms with van der Waals surface area (Å²) in [6, 6.07) is 5.87. The van der Waals surface area contributed by atoms with Crippen LogP contribution < -0.4 is 10.6 Å². The Morgan fingerprint density at radius 1 is 1.25 bits per heavy atom. The lowest BCUT2D eigenvalue weighted by atomic mass is 9.71. The van der Waals surface area contributed by atoms with Crippen molar-refractivity contribution in [1.29, 1.82) is 0 Å². The molecule has 1 spiro atoms. The van der Waals surface area contributed by atoms with Crippen molar-refractivity contribution in [1.82, 2.24) is 24.9 Å². The summed E-state index contributed by atoms with van der Waals surface area (Å²) in [4.78, 5) is 32.6. The zero-order valence-corrected chi connectivity index (χ0v) is 18.6. The molecule has 2 aromatic rings. The molecule has 4 saturated carbocycles. The molecule has 2 bridgehead atoms. The van der Waals surface area contributed by atoms with E-state index in [0.717, 1.165) is 37.3 Å². The minimum atomic E-state index is -0.0645. The predicted molar refractivity (Wildman–Crippen MR) is 119 cm³/mol. The van der Waals surface area contributed by atoms with Crippen LogP contribution in [0.3, 0.4) is 0 Å². The Balaban J connectivity index is 1.09. The first-order valence-corrected chi connectivity index (χ1v) is 12.2. The summed E-state index contributed by atoms with van der Waals surface area (Å²) in [6.07, 6.45) is 9.49. The molecule has 2 amide bonds. The van der Waals surface area contributed by atoms with Crippen LogP contribution in [0.5, 0.6) is 0 Å². The molecule has 7 nitrogen and oxygen atoms in total. The number of fused-ring (bicyclic) bond motifs is 3. The average molecular weight is 434 g/mol. The lowest BCUT2D eigenvalue weighted by molar-refractivity contribution is 0.0784. The van der Waals surface area contributed by atoms with Gasteiger partial charge in [0.25, 0.3) is 11.8 Å². The van der Waals surface area contributed by atoms with Gasteiger partial charge in [-0.1, -0.05) is 6.07 Å². The van der Waals surface area contributed by atoms with Crippen molar-refractivity contribution in [2.75, 3.05) is 26.7 Å². The van der Waals surface area contributed by atoms with Gasteiger partial charge in [0.1, 0.15) is 17.0 Å². The Kier molecular flexibility index (Phi) is 3.78. The van der Waals surface area contributed by atoms with Crippen LogP contribution in [0.2, 0.25) is 0 Å². The Hall–Kier alpha value is -2.41. The number of likely N-dealkylation sites (N-methyl/N-ethyl adjacent to an activating group) is 1. The topological polar surface area (TPSA) is 78.7 Å². The van der Waals surface area contributed by atoms with Crippen LogP contribution in [-0.2, 0) is 0 Å². The van der Waals surface area contributed by atoms with E-state index >= 15 is 0 Å². The molecule has 7 rings (SSSR count). The third-order valence-electron chi connectivity index (χ3n) is 9.47. The quantitative estimate of drug-likeness (QED) is 0.759. The van der Waals surface area contributed by atoms with Gasteiger partial charge in [0, 0.05) is 31.9 Å². The molecule has 5 aliphatic rings. The van der Waals surface area contributed by atoms with Gasteiger partial charge in [-0.2, -0.15) is 0 Å². The normalized spacial score (nSPS) is 38.5. The molecule has 168 valence electrons. The summed E-state index contributed by atoms with van der Waals surface area (Å²) in [5, 5.41) is 6.51. The second-order valence-electron chi connectivity index (χ2n) is 11.3. The molecule has 1 aliphatic heterocycles. The molecule has 4 aliphatic carbocycles. The van der Waals surface area contributed by atoms with Crippen LogP contribution in [0.4, 0.5) is 0 Å². The number of carbonyl (C=O) groups excluding carboxylic acids is 2. The second kappa shape index (κ2) is 6.34. The number of pyridine rings is 1. The van der Waals surface area contributed by atoms with Crippen molar-refractivity contribution in [3.8, 4) is 0 Å². The standard InChI is InChI=1S/C25H31N5O2/c1-26-17-5-6-29(11-17)23(32)19-12-30-20(3-2-4-21(30)28-19)22(31)27-14-24-8-15-7-18(15)25(13-24)10-16(25)9-24/h2-4,12,15-18,26H,5-11,13-14H2,1H3,(H,27,31). The number of carbonyl (C=O) groups is 2. The molecule has 3 heterocycles. The maximum atomic E-state index is 13.2. The Morgan fingerprint density at radius 2 is 2.16 bits per heavy atom. The highest BCUT2D eigenvalue weighted by Gasteiger charge is 2.76. The van der Waals surface area contributed by atoms with Gasteiger partial charge in [0.2, 0.25) is 0 Å². The number of hydrogen-bond acceptors (Lipinski definition) is 4. The maximum Gasteiger partial charge on any atom is 0.274 e. The monoisotopic (exact) mass is 433 g/mol. The molecule has 0 aromatic carbocycles. The number of rotatable bonds is 5. The lowest BCUT2D eigenvalue weighted by Gasteiger charge is -2.36. The summed E-state index contributed by atoms with van der Waals surface area (Å²) >= 11 is 0. The summed E-state index contributed by atoms with van der Waals surface area (Å²) in [5.74, 6) is 2.73. The van der Waals surface area contributed by atoms with Crippen molar-refractivity contribution in [3.05, 3.63) is 35.8 Å². The Labute approximate surface area is 187 Å². The van der Waals surface area contributed by atoms with Gasteiger partial charge in [0.15, 0.2) is 0 Å². The van der Waals surface area contributed by atoms with Gasteiger partial charge in [-0.25, -0.2) is 4.98 Å². The van der Waals surface area contributed by atoms with E-state index in [2.05, 4.69) is 15.6 Å². The van der Waals surface area contributed by atoms with E-state index in [9.17, 15) is 9.59 Å². The highest BCUT2D eigenvalue weighted by molar-refractivity contribution is 5.95. The van der Waals surface area contributed by atoms with Crippen LogP contribution in [0.25, 0.3) is 5.65 Å². The van der Waals surface area contributed by atoms with Crippen LogP contribution in [0.1, 0.15) is 59.5 Å². The van der Waals surface area contributed by atoms with Crippen molar-refractivity contribution in [2.45, 2.75) is 44.6 Å². The van der Waals surface area contributed by atoms with E-state index in [-0.39, 0.29) is 11.8 Å². The number of nitrogens with zero attached hydrogens (tertiary/aromatic N) is 3. The number of imidazole rings is 1. The maximum absolute atomic E-state index is 13.2. The summed E-state index contributed by atoms with van der Waals surface area (Å²) in [6.45, 7) is 2.21. The first kappa shape index (κ1) is 19.1. The van der Waals surface area contributed by atoms with Crippen LogP contribution in [0.15, 0.2) is 24.4 Å². The molecular weight excluding hydrogens is 402 g/mol. The smallest absolute Gasteiger partial charge is 0.274 e. The van der Waals surface area contributed by atoms with Gasteiger partial charge in [-0.05, 0) is 86.3 Å². The zero-order valence-electron chi connectivity index (χ0n) is 18.6. The molecule has 1 saturated heterocycles. The minimum absolute atomic E-state index is 0.0617. The third-order valence-corrected chi connectivity index (χ3v) is 9.47. The van der Waals surface area contributed by atoms with Gasteiger partial charge in [0.05, 0.1) is 0 Å². The molecule has 7 heteroatoms.